The summed E-state index contributed by atoms with van der Waals surface area (Å²) in [5.74, 6) is 0.0594. The van der Waals surface area contributed by atoms with E-state index in [4.69, 9.17) is 4.74 Å². The van der Waals surface area contributed by atoms with E-state index in [2.05, 4.69) is 24.3 Å². The molecule has 1 atom stereocenters. The highest BCUT2D eigenvalue weighted by molar-refractivity contribution is 5.79. The maximum Gasteiger partial charge on any atom is 0.410 e. The van der Waals surface area contributed by atoms with Crippen molar-refractivity contribution in [2.45, 2.75) is 44.2 Å². The van der Waals surface area contributed by atoms with E-state index in [1.165, 1.54) is 22.3 Å². The third-order valence-corrected chi connectivity index (χ3v) is 5.93. The number of rotatable bonds is 2. The molecule has 1 N–H and O–H groups in total. The summed E-state index contributed by atoms with van der Waals surface area (Å²) < 4.78 is 5.74. The van der Waals surface area contributed by atoms with Crippen LogP contribution >= 0.6 is 0 Å². The Bertz CT molecular complexity index is 784. The fourth-order valence-electron chi connectivity index (χ4n) is 4.26. The number of likely N-dealkylation sites (tertiary alicyclic amines) is 1. The molecule has 136 valence electrons. The molecule has 1 aliphatic carbocycles. The van der Waals surface area contributed by atoms with Crippen molar-refractivity contribution in [1.82, 2.24) is 4.90 Å². The predicted octanol–water partition coefficient (Wildman–Crippen LogP) is 4.17. The zero-order valence-electron chi connectivity index (χ0n) is 15.3. The van der Waals surface area contributed by atoms with Crippen molar-refractivity contribution < 1.29 is 14.6 Å². The van der Waals surface area contributed by atoms with Crippen molar-refractivity contribution in [3.63, 3.8) is 0 Å². The molecule has 0 spiro atoms. The molecule has 2 aromatic carbocycles. The fraction of sp³-hybridized carbons (Fsp3) is 0.409. The van der Waals surface area contributed by atoms with E-state index in [0.717, 1.165) is 12.8 Å². The van der Waals surface area contributed by atoms with E-state index in [-0.39, 0.29) is 12.0 Å². The highest BCUT2D eigenvalue weighted by Gasteiger charge is 2.41. The van der Waals surface area contributed by atoms with Gasteiger partial charge < -0.3 is 14.7 Å². The number of aliphatic hydroxyl groups is 1. The van der Waals surface area contributed by atoms with Crippen molar-refractivity contribution in [2.24, 2.45) is 0 Å². The molecule has 26 heavy (non-hydrogen) atoms. The smallest absolute Gasteiger partial charge is 0.410 e. The first-order chi connectivity index (χ1) is 12.5. The minimum absolute atomic E-state index is 0.0594. The first-order valence-electron chi connectivity index (χ1n) is 9.31. The van der Waals surface area contributed by atoms with Gasteiger partial charge in [0.15, 0.2) is 0 Å². The van der Waals surface area contributed by atoms with Crippen molar-refractivity contribution in [3.05, 3.63) is 59.7 Å². The van der Waals surface area contributed by atoms with Gasteiger partial charge in [-0.1, -0.05) is 48.5 Å². The maximum atomic E-state index is 12.7. The highest BCUT2D eigenvalue weighted by Crippen LogP contribution is 2.44. The number of ether oxygens (including phenoxy) is 1. The summed E-state index contributed by atoms with van der Waals surface area (Å²) in [7, 11) is 0. The summed E-state index contributed by atoms with van der Waals surface area (Å²) in [6, 6.07) is 16.6. The SMILES string of the molecule is CC1(C)C(O)CCCN1C(=O)OCC1c2ccccc2-c2ccccc21. The standard InChI is InChI=1S/C22H25NO3/c1-22(2)20(24)12-7-13-23(22)21(25)26-14-19-17-10-5-3-8-15(17)16-9-4-6-11-18(16)19/h3-6,8-11,19-20,24H,7,12-14H2,1-2H3. The molecule has 1 saturated heterocycles. The van der Waals surface area contributed by atoms with Gasteiger partial charge in [-0.25, -0.2) is 4.79 Å². The lowest BCUT2D eigenvalue weighted by atomic mass is 9.88. The number of hydrogen-bond donors (Lipinski definition) is 1. The largest absolute Gasteiger partial charge is 0.448 e. The molecular weight excluding hydrogens is 326 g/mol. The quantitative estimate of drug-likeness (QED) is 0.883. The molecule has 1 fully saturated rings. The number of piperidine rings is 1. The van der Waals surface area contributed by atoms with Crippen LogP contribution in [0.15, 0.2) is 48.5 Å². The number of nitrogens with zero attached hydrogens (tertiary/aromatic N) is 1. The Hall–Kier alpha value is -2.33. The Kier molecular flexibility index (Phi) is 4.23. The Morgan fingerprint density at radius 3 is 2.31 bits per heavy atom. The van der Waals surface area contributed by atoms with E-state index in [9.17, 15) is 9.90 Å². The summed E-state index contributed by atoms with van der Waals surface area (Å²) in [6.07, 6.45) is 0.668. The molecule has 2 aliphatic rings. The van der Waals surface area contributed by atoms with Crippen LogP contribution in [0.3, 0.4) is 0 Å². The maximum absolute atomic E-state index is 12.7. The van der Waals surface area contributed by atoms with Crippen LogP contribution in [0.1, 0.15) is 43.7 Å². The summed E-state index contributed by atoms with van der Waals surface area (Å²) in [4.78, 5) is 14.4. The number of fused-ring (bicyclic) bond motifs is 3. The molecule has 0 bridgehead atoms. The zero-order valence-corrected chi connectivity index (χ0v) is 15.3. The number of hydrogen-bond acceptors (Lipinski definition) is 3. The number of carbonyl (C=O) groups excluding carboxylic acids is 1. The van der Waals surface area contributed by atoms with Gasteiger partial charge in [0.1, 0.15) is 6.61 Å². The second-order valence-corrected chi connectivity index (χ2v) is 7.77. The third kappa shape index (κ3) is 2.69. The summed E-state index contributed by atoms with van der Waals surface area (Å²) in [5.41, 5.74) is 4.26. The van der Waals surface area contributed by atoms with Crippen LogP contribution in [0.25, 0.3) is 11.1 Å². The molecule has 1 heterocycles. The van der Waals surface area contributed by atoms with Gasteiger partial charge in [0.2, 0.25) is 0 Å². The minimum Gasteiger partial charge on any atom is -0.448 e. The fourth-order valence-corrected chi connectivity index (χ4v) is 4.26. The number of amides is 1. The van der Waals surface area contributed by atoms with Crippen LogP contribution < -0.4 is 0 Å². The molecule has 4 heteroatoms. The molecule has 0 radical (unpaired) electrons. The molecule has 2 aromatic rings. The molecule has 4 nitrogen and oxygen atoms in total. The first-order valence-corrected chi connectivity index (χ1v) is 9.31. The third-order valence-electron chi connectivity index (χ3n) is 5.93. The lowest BCUT2D eigenvalue weighted by Crippen LogP contribution is -2.58. The van der Waals surface area contributed by atoms with Gasteiger partial charge in [-0.2, -0.15) is 0 Å². The molecule has 0 saturated carbocycles. The number of carbonyl (C=O) groups is 1. The molecule has 0 aromatic heterocycles. The zero-order chi connectivity index (χ0) is 18.3. The van der Waals surface area contributed by atoms with Gasteiger partial charge in [0, 0.05) is 12.5 Å². The number of benzene rings is 2. The molecule has 1 amide bonds. The second-order valence-electron chi connectivity index (χ2n) is 7.77. The van der Waals surface area contributed by atoms with E-state index in [1.54, 1.807) is 4.90 Å². The summed E-state index contributed by atoms with van der Waals surface area (Å²) in [6.45, 7) is 4.74. The van der Waals surface area contributed by atoms with Crippen molar-refractivity contribution in [3.8, 4) is 11.1 Å². The van der Waals surface area contributed by atoms with Crippen LogP contribution in [-0.4, -0.2) is 40.9 Å². The Morgan fingerprint density at radius 2 is 1.69 bits per heavy atom. The monoisotopic (exact) mass is 351 g/mol. The van der Waals surface area contributed by atoms with Gasteiger partial charge in [-0.3, -0.25) is 0 Å². The van der Waals surface area contributed by atoms with E-state index < -0.39 is 11.6 Å². The van der Waals surface area contributed by atoms with E-state index in [1.807, 2.05) is 38.1 Å². The van der Waals surface area contributed by atoms with Crippen molar-refractivity contribution >= 4 is 6.09 Å². The average molecular weight is 351 g/mol. The van der Waals surface area contributed by atoms with Crippen LogP contribution in [-0.2, 0) is 4.74 Å². The summed E-state index contributed by atoms with van der Waals surface area (Å²) in [5, 5.41) is 10.2. The first kappa shape index (κ1) is 17.1. The predicted molar refractivity (Wildman–Crippen MR) is 101 cm³/mol. The van der Waals surface area contributed by atoms with Crippen LogP contribution in [0.4, 0.5) is 4.79 Å². The van der Waals surface area contributed by atoms with Crippen LogP contribution in [0, 0.1) is 0 Å². The lowest BCUT2D eigenvalue weighted by molar-refractivity contribution is -0.0397. The van der Waals surface area contributed by atoms with Gasteiger partial charge >= 0.3 is 6.09 Å². The van der Waals surface area contributed by atoms with Crippen molar-refractivity contribution in [2.75, 3.05) is 13.2 Å². The normalized spacial score (nSPS) is 21.2. The minimum atomic E-state index is -0.596. The second kappa shape index (κ2) is 6.44. The van der Waals surface area contributed by atoms with Gasteiger partial charge in [-0.15, -0.1) is 0 Å². The Balaban J connectivity index is 1.54. The van der Waals surface area contributed by atoms with Gasteiger partial charge in [-0.05, 0) is 48.9 Å². The number of aliphatic hydroxyl groups excluding tert-OH is 1. The Morgan fingerprint density at radius 1 is 1.12 bits per heavy atom. The van der Waals surface area contributed by atoms with E-state index >= 15 is 0 Å². The van der Waals surface area contributed by atoms with Crippen molar-refractivity contribution in [1.29, 1.82) is 0 Å². The van der Waals surface area contributed by atoms with Gasteiger partial charge in [0.25, 0.3) is 0 Å². The topological polar surface area (TPSA) is 49.8 Å². The average Bonchev–Trinajstić information content (AvgIpc) is 2.96. The molecular formula is C22H25NO3. The van der Waals surface area contributed by atoms with Crippen LogP contribution in [0.5, 0.6) is 0 Å². The van der Waals surface area contributed by atoms with Crippen LogP contribution in [0.2, 0.25) is 0 Å². The molecule has 1 aliphatic heterocycles. The Labute approximate surface area is 154 Å². The van der Waals surface area contributed by atoms with E-state index in [0.29, 0.717) is 13.2 Å². The molecule has 4 rings (SSSR count). The summed E-state index contributed by atoms with van der Waals surface area (Å²) >= 11 is 0. The lowest BCUT2D eigenvalue weighted by Gasteiger charge is -2.44. The van der Waals surface area contributed by atoms with Gasteiger partial charge in [0.05, 0.1) is 11.6 Å². The highest BCUT2D eigenvalue weighted by atomic mass is 16.6. The molecule has 1 unspecified atom stereocenters.